The summed E-state index contributed by atoms with van der Waals surface area (Å²) in [6, 6.07) is 6.10. The lowest BCUT2D eigenvalue weighted by Crippen LogP contribution is -2.33. The molecule has 0 unspecified atom stereocenters. The summed E-state index contributed by atoms with van der Waals surface area (Å²) in [5.74, 6) is 0.802. The van der Waals surface area contributed by atoms with Crippen LogP contribution in [0.25, 0.3) is 11.3 Å². The molecule has 2 aromatic heterocycles. The second-order valence-electron chi connectivity index (χ2n) is 7.15. The van der Waals surface area contributed by atoms with Gasteiger partial charge in [0.25, 0.3) is 0 Å². The number of halogens is 2. The zero-order chi connectivity index (χ0) is 19.0. The van der Waals surface area contributed by atoms with Crippen LogP contribution < -0.4 is 0 Å². The van der Waals surface area contributed by atoms with Gasteiger partial charge in [-0.05, 0) is 50.9 Å². The van der Waals surface area contributed by atoms with Gasteiger partial charge in [-0.1, -0.05) is 40.8 Å². The average Bonchev–Trinajstić information content (AvgIpc) is 3.26. The van der Waals surface area contributed by atoms with Gasteiger partial charge in [-0.15, -0.1) is 0 Å². The molecule has 0 radical (unpaired) electrons. The van der Waals surface area contributed by atoms with Crippen LogP contribution in [0.1, 0.15) is 47.8 Å². The van der Waals surface area contributed by atoms with Crippen molar-refractivity contribution in [3.63, 3.8) is 0 Å². The highest BCUT2D eigenvalue weighted by molar-refractivity contribution is 6.42. The van der Waals surface area contributed by atoms with Crippen molar-refractivity contribution in [2.45, 2.75) is 45.7 Å². The zero-order valence-electron chi connectivity index (χ0n) is 15.4. The maximum absolute atomic E-state index is 6.21. The van der Waals surface area contributed by atoms with E-state index >= 15 is 0 Å². The highest BCUT2D eigenvalue weighted by Gasteiger charge is 2.29. The van der Waals surface area contributed by atoms with Crippen molar-refractivity contribution in [2.75, 3.05) is 6.54 Å². The van der Waals surface area contributed by atoms with Crippen LogP contribution in [0, 0.1) is 13.8 Å². The first-order valence-corrected chi connectivity index (χ1v) is 9.94. The summed E-state index contributed by atoms with van der Waals surface area (Å²) in [4.78, 5) is 2.47. The Morgan fingerprint density at radius 2 is 2.07 bits per heavy atom. The van der Waals surface area contributed by atoms with E-state index < -0.39 is 0 Å². The maximum atomic E-state index is 6.21. The molecule has 1 saturated heterocycles. The van der Waals surface area contributed by atoms with E-state index in [9.17, 15) is 0 Å². The van der Waals surface area contributed by atoms with Crippen LogP contribution in [-0.4, -0.2) is 26.8 Å². The molecule has 3 aromatic rings. The molecule has 1 aliphatic heterocycles. The molecule has 142 valence electrons. The van der Waals surface area contributed by atoms with Crippen molar-refractivity contribution in [1.82, 2.24) is 20.3 Å². The Morgan fingerprint density at radius 1 is 1.22 bits per heavy atom. The number of aromatic nitrogens is 3. The van der Waals surface area contributed by atoms with E-state index in [0.29, 0.717) is 10.0 Å². The highest BCUT2D eigenvalue weighted by atomic mass is 35.5. The first-order chi connectivity index (χ1) is 13.0. The summed E-state index contributed by atoms with van der Waals surface area (Å²) < 4.78 is 5.59. The molecule has 0 spiro atoms. The van der Waals surface area contributed by atoms with Crippen LogP contribution in [0.4, 0.5) is 0 Å². The van der Waals surface area contributed by atoms with Crippen LogP contribution in [0.15, 0.2) is 28.9 Å². The van der Waals surface area contributed by atoms with Crippen LogP contribution in [-0.2, 0) is 6.54 Å². The Labute approximate surface area is 168 Å². The lowest BCUT2D eigenvalue weighted by atomic mass is 9.95. The van der Waals surface area contributed by atoms with Crippen molar-refractivity contribution >= 4 is 23.2 Å². The topological polar surface area (TPSA) is 58.0 Å². The molecular weight excluding hydrogens is 383 g/mol. The number of benzene rings is 1. The summed E-state index contributed by atoms with van der Waals surface area (Å²) in [5, 5.41) is 12.8. The van der Waals surface area contributed by atoms with Gasteiger partial charge in [0.05, 0.1) is 39.2 Å². The fraction of sp³-hybridized carbons (Fsp3) is 0.400. The molecule has 1 atom stereocenters. The van der Waals surface area contributed by atoms with Gasteiger partial charge >= 0.3 is 0 Å². The summed E-state index contributed by atoms with van der Waals surface area (Å²) in [5.41, 5.74) is 5.22. The van der Waals surface area contributed by atoms with Gasteiger partial charge in [0, 0.05) is 12.1 Å². The molecule has 0 saturated carbocycles. The molecule has 3 heterocycles. The number of nitrogens with zero attached hydrogens (tertiary/aromatic N) is 3. The number of nitrogens with one attached hydrogen (secondary N) is 1. The Bertz CT molecular complexity index is 949. The quantitative estimate of drug-likeness (QED) is 0.604. The molecule has 1 aliphatic rings. The highest BCUT2D eigenvalue weighted by Crippen LogP contribution is 2.38. The van der Waals surface area contributed by atoms with Crippen molar-refractivity contribution < 1.29 is 4.52 Å². The molecule has 7 heteroatoms. The lowest BCUT2D eigenvalue weighted by molar-refractivity contribution is 0.137. The molecular formula is C20H22Cl2N4O. The summed E-state index contributed by atoms with van der Waals surface area (Å²) in [6.07, 6.45) is 5.29. The third kappa shape index (κ3) is 3.64. The summed E-state index contributed by atoms with van der Waals surface area (Å²) >= 11 is 12.3. The predicted octanol–water partition coefficient (Wildman–Crippen LogP) is 5.72. The third-order valence-electron chi connectivity index (χ3n) is 5.39. The van der Waals surface area contributed by atoms with Gasteiger partial charge in [0.1, 0.15) is 0 Å². The van der Waals surface area contributed by atoms with Gasteiger partial charge in [0.2, 0.25) is 0 Å². The van der Waals surface area contributed by atoms with Crippen LogP contribution in [0.3, 0.4) is 0 Å². The number of aryl methyl sites for hydroxylation is 1. The van der Waals surface area contributed by atoms with Gasteiger partial charge in [-0.2, -0.15) is 5.10 Å². The fourth-order valence-electron chi connectivity index (χ4n) is 3.78. The molecule has 0 aliphatic carbocycles. The minimum absolute atomic E-state index is 0.246. The molecule has 1 fully saturated rings. The number of rotatable bonds is 4. The van der Waals surface area contributed by atoms with E-state index in [0.717, 1.165) is 53.3 Å². The molecule has 0 bridgehead atoms. The molecule has 5 nitrogen and oxygen atoms in total. The molecule has 4 rings (SSSR count). The van der Waals surface area contributed by atoms with E-state index in [2.05, 4.69) is 20.3 Å². The second-order valence-corrected chi connectivity index (χ2v) is 7.96. The van der Waals surface area contributed by atoms with E-state index in [-0.39, 0.29) is 6.04 Å². The number of hydrogen-bond donors (Lipinski definition) is 1. The van der Waals surface area contributed by atoms with Crippen molar-refractivity contribution in [1.29, 1.82) is 0 Å². The monoisotopic (exact) mass is 404 g/mol. The number of piperidine rings is 1. The summed E-state index contributed by atoms with van der Waals surface area (Å²) in [7, 11) is 0. The number of H-pyrrole nitrogens is 1. The average molecular weight is 405 g/mol. The largest absolute Gasteiger partial charge is 0.356 e. The fourth-order valence-corrected chi connectivity index (χ4v) is 4.10. The van der Waals surface area contributed by atoms with Crippen LogP contribution in [0.2, 0.25) is 10.0 Å². The standard InChI is InChI=1S/C20H22Cl2N4O/c1-12-13(2)25-27-20(12)15-10-23-24-19(15)18-5-3-4-8-26(18)11-14-6-7-16(21)17(22)9-14/h6-7,9-10,18H,3-5,8,11H2,1-2H3,(H,23,24)/t18-/m1/s1. The SMILES string of the molecule is Cc1noc(-c2cn[nH]c2[C@H]2CCCCN2Cc2ccc(Cl)c(Cl)c2)c1C. The minimum atomic E-state index is 0.246. The second kappa shape index (κ2) is 7.66. The summed E-state index contributed by atoms with van der Waals surface area (Å²) in [6.45, 7) is 5.83. The normalized spacial score (nSPS) is 18.1. The van der Waals surface area contributed by atoms with Gasteiger partial charge < -0.3 is 4.52 Å². The Kier molecular flexibility index (Phi) is 5.26. The zero-order valence-corrected chi connectivity index (χ0v) is 16.9. The van der Waals surface area contributed by atoms with Gasteiger partial charge in [-0.25, -0.2) is 0 Å². The number of likely N-dealkylation sites (tertiary alicyclic amines) is 1. The smallest absolute Gasteiger partial charge is 0.173 e. The van der Waals surface area contributed by atoms with E-state index in [1.165, 1.54) is 12.8 Å². The van der Waals surface area contributed by atoms with E-state index in [1.807, 2.05) is 38.2 Å². The Balaban J connectivity index is 1.64. The minimum Gasteiger partial charge on any atom is -0.356 e. The Hall–Kier alpha value is -1.82. The molecule has 1 aromatic carbocycles. The Morgan fingerprint density at radius 3 is 2.81 bits per heavy atom. The first kappa shape index (κ1) is 18.5. The van der Waals surface area contributed by atoms with E-state index in [4.69, 9.17) is 27.7 Å². The van der Waals surface area contributed by atoms with Crippen molar-refractivity contribution in [2.24, 2.45) is 0 Å². The van der Waals surface area contributed by atoms with Crippen molar-refractivity contribution in [3.05, 3.63) is 57.0 Å². The molecule has 27 heavy (non-hydrogen) atoms. The molecule has 1 N–H and O–H groups in total. The maximum Gasteiger partial charge on any atom is 0.173 e. The predicted molar refractivity (Wildman–Crippen MR) is 107 cm³/mol. The lowest BCUT2D eigenvalue weighted by Gasteiger charge is -2.35. The van der Waals surface area contributed by atoms with Gasteiger partial charge in [0.15, 0.2) is 5.76 Å². The first-order valence-electron chi connectivity index (χ1n) is 9.19. The van der Waals surface area contributed by atoms with Crippen LogP contribution >= 0.6 is 23.2 Å². The number of aromatic amines is 1. The third-order valence-corrected chi connectivity index (χ3v) is 6.13. The van der Waals surface area contributed by atoms with Crippen molar-refractivity contribution in [3.8, 4) is 11.3 Å². The number of hydrogen-bond acceptors (Lipinski definition) is 4. The molecule has 0 amide bonds. The van der Waals surface area contributed by atoms with Gasteiger partial charge in [-0.3, -0.25) is 10.00 Å². The van der Waals surface area contributed by atoms with E-state index in [1.54, 1.807) is 0 Å². The van der Waals surface area contributed by atoms with Crippen LogP contribution in [0.5, 0.6) is 0 Å².